The van der Waals surface area contributed by atoms with E-state index in [0.29, 0.717) is 50.9 Å². The molecule has 2 saturated carbocycles. The second-order valence-corrected chi connectivity index (χ2v) is 17.2. The predicted molar refractivity (Wildman–Crippen MR) is 214 cm³/mol. The summed E-state index contributed by atoms with van der Waals surface area (Å²) in [5.74, 6) is -2.16. The lowest BCUT2D eigenvalue weighted by atomic mass is 9.92. The predicted octanol–water partition coefficient (Wildman–Crippen LogP) is 5.77. The van der Waals surface area contributed by atoms with Crippen molar-refractivity contribution in [1.29, 1.82) is 0 Å². The Morgan fingerprint density at radius 1 is 1.12 bits per heavy atom. The van der Waals surface area contributed by atoms with Gasteiger partial charge in [-0.1, -0.05) is 33.4 Å². The molecule has 0 bridgehead atoms. The zero-order chi connectivity index (χ0) is 41.4. The number of aromatic nitrogens is 2. The number of anilines is 1. The molecule has 3 aliphatic rings. The summed E-state index contributed by atoms with van der Waals surface area (Å²) in [5, 5.41) is 21.1. The maximum atomic E-state index is 14.3. The molecule has 4 amide bonds. The van der Waals surface area contributed by atoms with Crippen molar-refractivity contribution in [3.8, 4) is 22.9 Å². The van der Waals surface area contributed by atoms with Crippen molar-refractivity contribution in [3.63, 3.8) is 0 Å². The number of amides is 4. The van der Waals surface area contributed by atoms with Gasteiger partial charge in [0, 0.05) is 41.2 Å². The van der Waals surface area contributed by atoms with Crippen LogP contribution in [0, 0.1) is 18.3 Å². The average Bonchev–Trinajstić information content (AvgIpc) is 3.40. The van der Waals surface area contributed by atoms with E-state index in [4.69, 9.17) is 19.2 Å². The number of thiazole rings is 1. The van der Waals surface area contributed by atoms with Crippen LogP contribution in [0.25, 0.3) is 22.3 Å². The molecule has 0 radical (unpaired) electrons. The Morgan fingerprint density at radius 2 is 1.86 bits per heavy atom. The largest absolute Gasteiger partial charge is 0.496 e. The minimum atomic E-state index is -1.55. The molecule has 6 rings (SSSR count). The molecule has 5 atom stereocenters. The van der Waals surface area contributed by atoms with Crippen molar-refractivity contribution in [1.82, 2.24) is 25.5 Å². The Hall–Kier alpha value is -5.51. The van der Waals surface area contributed by atoms with Crippen molar-refractivity contribution in [2.45, 2.75) is 103 Å². The summed E-state index contributed by atoms with van der Waals surface area (Å²) in [6.07, 6.45) is 2.60. The van der Waals surface area contributed by atoms with Crippen LogP contribution in [0.4, 0.5) is 9.93 Å². The van der Waals surface area contributed by atoms with E-state index in [1.807, 2.05) is 33.8 Å². The van der Waals surface area contributed by atoms with Crippen LogP contribution in [0.15, 0.2) is 48.4 Å². The number of nitrogens with zero attached hydrogens (tertiary/aromatic N) is 3. The molecule has 57 heavy (non-hydrogen) atoms. The number of ether oxygens (including phenoxy) is 3. The molecule has 3 heterocycles. The van der Waals surface area contributed by atoms with Crippen LogP contribution in [0.2, 0.25) is 0 Å². The Balaban J connectivity index is 1.32. The molecule has 0 spiro atoms. The molecule has 0 unspecified atom stereocenters. The Labute approximate surface area is 335 Å². The highest BCUT2D eigenvalue weighted by Crippen LogP contribution is 2.45. The molecular formula is C41H50N6O9S. The Bertz CT molecular complexity index is 2120. The highest BCUT2D eigenvalue weighted by atomic mass is 32.1. The third kappa shape index (κ3) is 8.90. The zero-order valence-electron chi connectivity index (χ0n) is 33.1. The smallest absolute Gasteiger partial charge is 0.408 e. The molecule has 3 aromatic rings. The number of pyridine rings is 1. The molecular weight excluding hydrogens is 753 g/mol. The van der Waals surface area contributed by atoms with Gasteiger partial charge in [0.15, 0.2) is 5.13 Å². The van der Waals surface area contributed by atoms with Gasteiger partial charge in [0.25, 0.3) is 0 Å². The van der Waals surface area contributed by atoms with Crippen molar-refractivity contribution in [2.75, 3.05) is 19.0 Å². The van der Waals surface area contributed by atoms with E-state index in [9.17, 15) is 29.1 Å². The second kappa shape index (κ2) is 16.2. The number of hydrogen-bond acceptors (Lipinski definition) is 11. The molecule has 1 saturated heterocycles. The number of fused-ring (bicyclic) bond motifs is 1. The molecule has 3 fully saturated rings. The lowest BCUT2D eigenvalue weighted by molar-refractivity contribution is -0.145. The molecule has 2 aliphatic carbocycles. The molecule has 1 aliphatic heterocycles. The summed E-state index contributed by atoms with van der Waals surface area (Å²) < 4.78 is 17.7. The third-order valence-corrected chi connectivity index (χ3v) is 11.3. The number of nitrogens with one attached hydrogen (secondary N) is 3. The monoisotopic (exact) mass is 802 g/mol. The van der Waals surface area contributed by atoms with E-state index in [1.54, 1.807) is 31.5 Å². The maximum absolute atomic E-state index is 14.3. The molecule has 304 valence electrons. The molecule has 15 nitrogen and oxygen atoms in total. The second-order valence-electron chi connectivity index (χ2n) is 16.3. The number of methoxy groups -OCH3 is 1. The lowest BCUT2D eigenvalue weighted by Crippen LogP contribution is -2.56. The summed E-state index contributed by atoms with van der Waals surface area (Å²) in [5.41, 5.74) is 0.807. The van der Waals surface area contributed by atoms with Gasteiger partial charge in [0.1, 0.15) is 47.0 Å². The van der Waals surface area contributed by atoms with Gasteiger partial charge in [0.2, 0.25) is 17.7 Å². The van der Waals surface area contributed by atoms with Crippen molar-refractivity contribution in [2.24, 2.45) is 11.3 Å². The number of alkyl carbamates (subject to hydrolysis) is 1. The quantitative estimate of drug-likeness (QED) is 0.145. The van der Waals surface area contributed by atoms with E-state index in [-0.39, 0.29) is 36.8 Å². The van der Waals surface area contributed by atoms with Crippen LogP contribution in [0.3, 0.4) is 0 Å². The van der Waals surface area contributed by atoms with Crippen LogP contribution in [0.1, 0.15) is 71.8 Å². The third-order valence-electron chi connectivity index (χ3n) is 10.6. The first-order chi connectivity index (χ1) is 26.9. The van der Waals surface area contributed by atoms with Gasteiger partial charge in [0.05, 0.1) is 24.9 Å². The number of carboxylic acid groups (broad SMARTS) is 1. The SMILES string of the molecule is C=C[C@@H]1C[C@]1(NC(=O)[C@@H]1C[C@@H](Oc2cc(-c3csc(NC(=O)CC(C)(C)C)n3)nc3c(C)c(OC)ccc23)CN1C(=O)[C@@H](NC(=O)OC1CCC1)C(=C)C)C(=O)O. The van der Waals surface area contributed by atoms with Crippen LogP contribution in [-0.4, -0.2) is 93.2 Å². The first-order valence-corrected chi connectivity index (χ1v) is 19.8. The van der Waals surface area contributed by atoms with Gasteiger partial charge < -0.3 is 40.2 Å². The number of carboxylic acids is 1. The van der Waals surface area contributed by atoms with Gasteiger partial charge in [-0.25, -0.2) is 19.6 Å². The van der Waals surface area contributed by atoms with Gasteiger partial charge in [-0.3, -0.25) is 14.4 Å². The normalized spacial score (nSPS) is 22.1. The number of carbonyl (C=O) groups is 5. The number of carbonyl (C=O) groups excluding carboxylic acids is 4. The highest BCUT2D eigenvalue weighted by Gasteiger charge is 2.61. The summed E-state index contributed by atoms with van der Waals surface area (Å²) in [4.78, 5) is 77.1. The minimum Gasteiger partial charge on any atom is -0.496 e. The van der Waals surface area contributed by atoms with E-state index in [2.05, 4.69) is 34.1 Å². The summed E-state index contributed by atoms with van der Waals surface area (Å²) in [6.45, 7) is 16.9. The van der Waals surface area contributed by atoms with Crippen molar-refractivity contribution in [3.05, 3.63) is 53.9 Å². The molecule has 1 aromatic carbocycles. The number of aliphatic carboxylic acids is 1. The van der Waals surface area contributed by atoms with Gasteiger partial charge >= 0.3 is 12.1 Å². The standard InChI is InChI=1S/C41H50N6O9S/c1-9-23-17-41(23,37(51)52)46-35(49)29-15-25(19-47(29)36(50)33(21(2)3)45-39(53)56-24-11-10-12-24)55-31-16-27(42-34-22(4)30(54-8)14-13-26(31)34)28-20-57-38(43-28)44-32(48)18-40(5,6)7/h9,13-14,16,20,23-25,29,33H,1-2,10-12,15,17-19H2,3-8H3,(H,45,53)(H,46,49)(H,51,52)(H,43,44,48)/t23-,25-,29+,33+,41-/m1/s1. The minimum absolute atomic E-state index is 0.00357. The van der Waals surface area contributed by atoms with E-state index in [1.165, 1.54) is 22.3 Å². The summed E-state index contributed by atoms with van der Waals surface area (Å²) in [7, 11) is 1.56. The highest BCUT2D eigenvalue weighted by molar-refractivity contribution is 7.14. The van der Waals surface area contributed by atoms with Crippen molar-refractivity contribution < 1.29 is 43.3 Å². The lowest BCUT2D eigenvalue weighted by Gasteiger charge is -2.30. The Kier molecular flexibility index (Phi) is 11.7. The van der Waals surface area contributed by atoms with E-state index >= 15 is 0 Å². The van der Waals surface area contributed by atoms with Crippen LogP contribution in [-0.2, 0) is 23.9 Å². The fourth-order valence-corrected chi connectivity index (χ4v) is 7.87. The summed E-state index contributed by atoms with van der Waals surface area (Å²) in [6, 6.07) is 2.93. The Morgan fingerprint density at radius 3 is 2.46 bits per heavy atom. The average molecular weight is 803 g/mol. The van der Waals surface area contributed by atoms with Gasteiger partial charge in [-0.05, 0) is 62.7 Å². The molecule has 16 heteroatoms. The number of hydrogen-bond donors (Lipinski definition) is 4. The number of aryl methyl sites for hydroxylation is 1. The topological polar surface area (TPSA) is 198 Å². The van der Waals surface area contributed by atoms with E-state index in [0.717, 1.165) is 24.8 Å². The van der Waals surface area contributed by atoms with Crippen LogP contribution in [0.5, 0.6) is 11.5 Å². The van der Waals surface area contributed by atoms with Crippen LogP contribution >= 0.6 is 11.3 Å². The van der Waals surface area contributed by atoms with E-state index < -0.39 is 53.5 Å². The first-order valence-electron chi connectivity index (χ1n) is 18.9. The molecule has 2 aromatic heterocycles. The number of likely N-dealkylation sites (tertiary alicyclic amines) is 1. The molecule has 4 N–H and O–H groups in total. The van der Waals surface area contributed by atoms with Gasteiger partial charge in [-0.2, -0.15) is 0 Å². The zero-order valence-corrected chi connectivity index (χ0v) is 33.9. The fraction of sp³-hybridized carbons (Fsp3) is 0.488. The van der Waals surface area contributed by atoms with Crippen LogP contribution < -0.4 is 25.4 Å². The number of benzene rings is 1. The van der Waals surface area contributed by atoms with Crippen molar-refractivity contribution >= 4 is 57.2 Å². The fourth-order valence-electron chi connectivity index (χ4n) is 7.15. The van der Waals surface area contributed by atoms with Gasteiger partial charge in [-0.15, -0.1) is 17.9 Å². The number of rotatable bonds is 14. The maximum Gasteiger partial charge on any atom is 0.408 e. The summed E-state index contributed by atoms with van der Waals surface area (Å²) >= 11 is 1.26. The first kappa shape index (κ1) is 41.1.